The average molecular weight is 635 g/mol. The van der Waals surface area contributed by atoms with Crippen LogP contribution in [0.15, 0.2) is 48.5 Å². The van der Waals surface area contributed by atoms with E-state index in [4.69, 9.17) is 0 Å². The van der Waals surface area contributed by atoms with Crippen LogP contribution in [0, 0.1) is 0 Å². The minimum atomic E-state index is -0.477. The average Bonchev–Trinajstić information content (AvgIpc) is 3.08. The molecule has 0 saturated carbocycles. The molecule has 0 aliphatic heterocycles. The van der Waals surface area contributed by atoms with Gasteiger partial charge in [0.25, 0.3) is 0 Å². The molecule has 0 aromatic heterocycles. The topological polar surface area (TPSA) is 121 Å². The maximum absolute atomic E-state index is 10.5. The van der Waals surface area contributed by atoms with Crippen LogP contribution in [-0.2, 0) is 37.3 Å². The third-order valence-corrected chi connectivity index (χ3v) is 10.0. The number of benzene rings is 3. The van der Waals surface area contributed by atoms with E-state index in [1.54, 1.807) is 24.3 Å². The molecule has 3 aromatic carbocycles. The molecule has 0 aliphatic rings. The van der Waals surface area contributed by atoms with Crippen LogP contribution in [0.2, 0.25) is 0 Å². The van der Waals surface area contributed by atoms with Gasteiger partial charge in [-0.1, -0.05) is 103 Å². The molecule has 6 N–H and O–H groups in total. The van der Waals surface area contributed by atoms with E-state index in [2.05, 4.69) is 52.0 Å². The highest BCUT2D eigenvalue weighted by Gasteiger charge is 2.40. The zero-order chi connectivity index (χ0) is 33.7. The van der Waals surface area contributed by atoms with Gasteiger partial charge in [-0.2, -0.15) is 0 Å². The van der Waals surface area contributed by atoms with Crippen molar-refractivity contribution in [3.8, 4) is 11.5 Å². The van der Waals surface area contributed by atoms with Gasteiger partial charge in [-0.05, 0) is 94.5 Å². The van der Waals surface area contributed by atoms with Crippen molar-refractivity contribution in [3.05, 3.63) is 93.0 Å². The van der Waals surface area contributed by atoms with E-state index in [0.717, 1.165) is 99.3 Å². The fourth-order valence-electron chi connectivity index (χ4n) is 7.87. The molecule has 0 radical (unpaired) electrons. The lowest BCUT2D eigenvalue weighted by atomic mass is 9.63. The Hall–Kier alpha value is -2.90. The van der Waals surface area contributed by atoms with Gasteiger partial charge in [0.05, 0.1) is 26.4 Å². The smallest absolute Gasteiger partial charge is 0.116 e. The van der Waals surface area contributed by atoms with Crippen molar-refractivity contribution in [2.75, 3.05) is 0 Å². The molecular weight excluding hydrogens is 576 g/mol. The number of phenolic OH excluding ortho intramolecular Hbond substituents is 2. The van der Waals surface area contributed by atoms with Gasteiger partial charge in [-0.3, -0.25) is 0 Å². The summed E-state index contributed by atoms with van der Waals surface area (Å²) in [5.74, 6) is 0.0778. The summed E-state index contributed by atoms with van der Waals surface area (Å²) >= 11 is 0. The highest BCUT2D eigenvalue weighted by molar-refractivity contribution is 5.54. The lowest BCUT2D eigenvalue weighted by molar-refractivity contribution is 0.262. The second-order valence-electron chi connectivity index (χ2n) is 13.1. The number of aromatic hydroxyl groups is 2. The first-order chi connectivity index (χ1) is 22.2. The molecule has 254 valence electrons. The molecule has 46 heavy (non-hydrogen) atoms. The lowest BCUT2D eigenvalue weighted by Crippen LogP contribution is -2.33. The van der Waals surface area contributed by atoms with Crippen molar-refractivity contribution < 1.29 is 30.6 Å². The Morgan fingerprint density at radius 3 is 0.870 bits per heavy atom. The van der Waals surface area contributed by atoms with E-state index >= 15 is 0 Å². The first-order valence-electron chi connectivity index (χ1n) is 17.5. The Bertz CT molecular complexity index is 1190. The number of aliphatic hydroxyl groups excluding tert-OH is 4. The molecule has 6 nitrogen and oxygen atoms in total. The predicted molar refractivity (Wildman–Crippen MR) is 186 cm³/mol. The van der Waals surface area contributed by atoms with Gasteiger partial charge in [-0.25, -0.2) is 0 Å². The van der Waals surface area contributed by atoms with Crippen molar-refractivity contribution in [1.29, 1.82) is 0 Å². The standard InChI is InChI=1S/C40H58O6/c1-5-9-17-39(18-10-6-2,37-29(25-41)21-35(45)22-30(37)26-42)33-13-15-34(16-14-33)40(19-11-7-3,20-12-8-4)38-31(27-43)23-36(46)24-32(38)28-44/h13-16,21-24,41-46H,5-12,17-20,25-28H2,1-4H3. The summed E-state index contributed by atoms with van der Waals surface area (Å²) in [6.07, 6.45) is 11.2. The molecule has 0 unspecified atom stereocenters. The normalized spacial score (nSPS) is 12.2. The summed E-state index contributed by atoms with van der Waals surface area (Å²) in [6, 6.07) is 15.4. The largest absolute Gasteiger partial charge is 0.508 e. The Labute approximate surface area is 276 Å². The first kappa shape index (κ1) is 37.6. The number of hydrogen-bond acceptors (Lipinski definition) is 6. The number of unbranched alkanes of at least 4 members (excludes halogenated alkanes) is 4. The van der Waals surface area contributed by atoms with E-state index in [1.807, 2.05) is 0 Å². The number of hydrogen-bond donors (Lipinski definition) is 6. The molecule has 0 aliphatic carbocycles. The van der Waals surface area contributed by atoms with E-state index in [0.29, 0.717) is 22.3 Å². The van der Waals surface area contributed by atoms with Crippen LogP contribution in [0.5, 0.6) is 11.5 Å². The van der Waals surface area contributed by atoms with Gasteiger partial charge >= 0.3 is 0 Å². The minimum absolute atomic E-state index is 0.0389. The summed E-state index contributed by atoms with van der Waals surface area (Å²) < 4.78 is 0. The second kappa shape index (κ2) is 17.9. The Morgan fingerprint density at radius 1 is 0.435 bits per heavy atom. The Balaban J connectivity index is 2.39. The second-order valence-corrected chi connectivity index (χ2v) is 13.1. The van der Waals surface area contributed by atoms with Crippen molar-refractivity contribution in [2.45, 2.75) is 142 Å². The molecule has 0 fully saturated rings. The van der Waals surface area contributed by atoms with E-state index < -0.39 is 10.8 Å². The summed E-state index contributed by atoms with van der Waals surface area (Å²) in [7, 11) is 0. The van der Waals surface area contributed by atoms with Crippen LogP contribution < -0.4 is 0 Å². The molecule has 0 atom stereocenters. The number of phenols is 2. The van der Waals surface area contributed by atoms with E-state index in [9.17, 15) is 30.6 Å². The highest BCUT2D eigenvalue weighted by Crippen LogP contribution is 2.49. The maximum atomic E-state index is 10.5. The summed E-state index contributed by atoms with van der Waals surface area (Å²) in [4.78, 5) is 0. The quantitative estimate of drug-likeness (QED) is 0.0742. The summed E-state index contributed by atoms with van der Waals surface area (Å²) in [5.41, 5.74) is 5.68. The first-order valence-corrected chi connectivity index (χ1v) is 17.5. The minimum Gasteiger partial charge on any atom is -0.508 e. The highest BCUT2D eigenvalue weighted by atomic mass is 16.3. The van der Waals surface area contributed by atoms with E-state index in [-0.39, 0.29) is 37.9 Å². The zero-order valence-electron chi connectivity index (χ0n) is 28.6. The van der Waals surface area contributed by atoms with E-state index in [1.165, 1.54) is 0 Å². The fraction of sp³-hybridized carbons (Fsp3) is 0.550. The van der Waals surface area contributed by atoms with Gasteiger partial charge in [0.1, 0.15) is 11.5 Å². The van der Waals surface area contributed by atoms with Crippen LogP contribution in [0.1, 0.15) is 149 Å². The summed E-state index contributed by atoms with van der Waals surface area (Å²) in [6.45, 7) is 7.76. The van der Waals surface area contributed by atoms with Gasteiger partial charge in [0.2, 0.25) is 0 Å². The molecule has 3 aromatic rings. The lowest BCUT2D eigenvalue weighted by Gasteiger charge is -2.41. The molecule has 0 amide bonds. The fourth-order valence-corrected chi connectivity index (χ4v) is 7.87. The molecule has 0 saturated heterocycles. The molecule has 3 rings (SSSR count). The third-order valence-electron chi connectivity index (χ3n) is 10.0. The van der Waals surface area contributed by atoms with Crippen LogP contribution in [0.4, 0.5) is 0 Å². The van der Waals surface area contributed by atoms with Crippen LogP contribution in [-0.4, -0.2) is 30.6 Å². The monoisotopic (exact) mass is 634 g/mol. The molecule has 0 heterocycles. The summed E-state index contributed by atoms with van der Waals surface area (Å²) in [5, 5.41) is 63.1. The predicted octanol–water partition coefficient (Wildman–Crippen LogP) is 8.40. The molecular formula is C40H58O6. The van der Waals surface area contributed by atoms with Crippen molar-refractivity contribution in [3.63, 3.8) is 0 Å². The number of rotatable bonds is 20. The van der Waals surface area contributed by atoms with Gasteiger partial charge in [0, 0.05) is 10.8 Å². The third kappa shape index (κ3) is 7.96. The maximum Gasteiger partial charge on any atom is 0.116 e. The Morgan fingerprint density at radius 2 is 0.674 bits per heavy atom. The molecule has 0 bridgehead atoms. The number of aliphatic hydroxyl groups is 4. The van der Waals surface area contributed by atoms with Crippen molar-refractivity contribution in [1.82, 2.24) is 0 Å². The van der Waals surface area contributed by atoms with Crippen molar-refractivity contribution in [2.24, 2.45) is 0 Å². The zero-order valence-corrected chi connectivity index (χ0v) is 28.6. The molecule has 6 heteroatoms. The van der Waals surface area contributed by atoms with Gasteiger partial charge < -0.3 is 30.6 Å². The van der Waals surface area contributed by atoms with Crippen LogP contribution in [0.3, 0.4) is 0 Å². The van der Waals surface area contributed by atoms with Crippen molar-refractivity contribution >= 4 is 0 Å². The van der Waals surface area contributed by atoms with Gasteiger partial charge in [0.15, 0.2) is 0 Å². The Kier molecular flexibility index (Phi) is 14.6. The van der Waals surface area contributed by atoms with Gasteiger partial charge in [-0.15, -0.1) is 0 Å². The van der Waals surface area contributed by atoms with Crippen LogP contribution >= 0.6 is 0 Å². The van der Waals surface area contributed by atoms with Crippen LogP contribution in [0.25, 0.3) is 0 Å². The SMILES string of the molecule is CCCCC(CCCC)(c1ccc(C(CCCC)(CCCC)c2c(CO)cc(O)cc2CO)cc1)c1c(CO)cc(O)cc1CO. The molecule has 0 spiro atoms.